The molecule has 0 aromatic carbocycles. The van der Waals surface area contributed by atoms with Gasteiger partial charge in [-0.15, -0.1) is 0 Å². The molecule has 2 bridgehead atoms. The zero-order valence-electron chi connectivity index (χ0n) is 14.9. The highest BCUT2D eigenvalue weighted by Gasteiger charge is 2.46. The van der Waals surface area contributed by atoms with Crippen LogP contribution in [0.25, 0.3) is 0 Å². The molecule has 0 spiro atoms. The fourth-order valence-electron chi connectivity index (χ4n) is 3.16. The molecular weight excluding hydrogens is 320 g/mol. The van der Waals surface area contributed by atoms with Crippen molar-refractivity contribution in [3.8, 4) is 0 Å². The van der Waals surface area contributed by atoms with Crippen LogP contribution in [0.5, 0.6) is 0 Å². The van der Waals surface area contributed by atoms with Gasteiger partial charge in [-0.25, -0.2) is 0 Å². The number of allylic oxidation sites excluding steroid dienone is 3. The fourth-order valence-corrected chi connectivity index (χ4v) is 3.16. The highest BCUT2D eigenvalue weighted by molar-refractivity contribution is 5.66. The molecule has 5 nitrogen and oxygen atoms in total. The van der Waals surface area contributed by atoms with E-state index in [0.29, 0.717) is 12.8 Å². The summed E-state index contributed by atoms with van der Waals surface area (Å²) in [6, 6.07) is 0. The standard InChI is InChI=1S/C20H30O5/c1-2-3-6-9-15(21)12-13-17-16(18-14-20(24-17)25-18)10-7-4-5-8-11-19(22)23/h3-4,6-7,12-13,15-18,20-21H,2,5,8-11,14H2,1H3,(H,22,23)/b6-3+,7-4+,13-12+. The second kappa shape index (κ2) is 10.5. The van der Waals surface area contributed by atoms with Crippen LogP contribution in [0.2, 0.25) is 0 Å². The van der Waals surface area contributed by atoms with Crippen molar-refractivity contribution in [3.63, 3.8) is 0 Å². The Kier molecular flexibility index (Phi) is 8.38. The summed E-state index contributed by atoms with van der Waals surface area (Å²) in [5.74, 6) is -0.504. The maximum Gasteiger partial charge on any atom is 0.303 e. The van der Waals surface area contributed by atoms with Crippen LogP contribution in [0.3, 0.4) is 0 Å². The maximum atomic E-state index is 10.5. The summed E-state index contributed by atoms with van der Waals surface area (Å²) in [5.41, 5.74) is 0. The predicted molar refractivity (Wildman–Crippen MR) is 96.1 cm³/mol. The minimum Gasteiger partial charge on any atom is -0.481 e. The summed E-state index contributed by atoms with van der Waals surface area (Å²) in [6.07, 6.45) is 16.6. The molecule has 5 atom stereocenters. The molecule has 3 heterocycles. The van der Waals surface area contributed by atoms with Crippen LogP contribution >= 0.6 is 0 Å². The number of hydrogen-bond donors (Lipinski definition) is 2. The van der Waals surface area contributed by atoms with Crippen molar-refractivity contribution in [2.75, 3.05) is 0 Å². The number of aliphatic hydroxyl groups excluding tert-OH is 1. The summed E-state index contributed by atoms with van der Waals surface area (Å²) < 4.78 is 11.6. The highest BCUT2D eigenvalue weighted by atomic mass is 16.7. The molecule has 3 rings (SSSR count). The third-order valence-electron chi connectivity index (χ3n) is 4.60. The van der Waals surface area contributed by atoms with Gasteiger partial charge < -0.3 is 19.7 Å². The molecule has 3 fully saturated rings. The van der Waals surface area contributed by atoms with Gasteiger partial charge in [0.05, 0.1) is 18.3 Å². The second-order valence-electron chi connectivity index (χ2n) is 6.67. The zero-order valence-corrected chi connectivity index (χ0v) is 14.9. The first-order valence-electron chi connectivity index (χ1n) is 9.29. The van der Waals surface area contributed by atoms with Crippen LogP contribution in [-0.4, -0.2) is 40.8 Å². The van der Waals surface area contributed by atoms with E-state index in [2.05, 4.69) is 19.1 Å². The summed E-state index contributed by atoms with van der Waals surface area (Å²) >= 11 is 0. The Morgan fingerprint density at radius 2 is 2.04 bits per heavy atom. The number of aliphatic hydroxyl groups is 1. The number of rotatable bonds is 11. The first kappa shape index (κ1) is 19.9. The number of carboxylic acid groups (broad SMARTS) is 1. The van der Waals surface area contributed by atoms with Gasteiger partial charge in [0.25, 0.3) is 0 Å². The Hall–Kier alpha value is -1.43. The smallest absolute Gasteiger partial charge is 0.303 e. The lowest BCUT2D eigenvalue weighted by atomic mass is 9.84. The number of carbonyl (C=O) groups is 1. The van der Waals surface area contributed by atoms with E-state index in [0.717, 1.165) is 25.7 Å². The third kappa shape index (κ3) is 6.77. The Labute approximate surface area is 150 Å². The molecule has 5 unspecified atom stereocenters. The van der Waals surface area contributed by atoms with Crippen LogP contribution in [0, 0.1) is 5.92 Å². The first-order valence-corrected chi connectivity index (χ1v) is 9.29. The molecule has 0 amide bonds. The van der Waals surface area contributed by atoms with Gasteiger partial charge in [-0.05, 0) is 32.1 Å². The molecule has 3 saturated heterocycles. The molecule has 0 aromatic heterocycles. The number of aliphatic carboxylic acids is 1. The average Bonchev–Trinajstić information content (AvgIpc) is 2.55. The summed E-state index contributed by atoms with van der Waals surface area (Å²) in [4.78, 5) is 10.5. The molecule has 0 aromatic rings. The monoisotopic (exact) mass is 350 g/mol. The first-order chi connectivity index (χ1) is 12.1. The van der Waals surface area contributed by atoms with Crippen molar-refractivity contribution in [2.24, 2.45) is 5.92 Å². The van der Waals surface area contributed by atoms with E-state index in [9.17, 15) is 9.90 Å². The Bertz CT molecular complexity index is 490. The van der Waals surface area contributed by atoms with Crippen molar-refractivity contribution < 1.29 is 24.5 Å². The minimum atomic E-state index is -0.750. The molecule has 0 radical (unpaired) electrons. The van der Waals surface area contributed by atoms with Gasteiger partial charge in [-0.1, -0.05) is 43.4 Å². The molecule has 0 aliphatic carbocycles. The molecule has 3 aliphatic heterocycles. The van der Waals surface area contributed by atoms with Gasteiger partial charge in [0.2, 0.25) is 0 Å². The van der Waals surface area contributed by atoms with Gasteiger partial charge in [0.1, 0.15) is 0 Å². The molecule has 140 valence electrons. The SMILES string of the molecule is CC/C=C/CC(O)/C=C/C1OC2CC(O2)C1C/C=C/CCCC(=O)O. The van der Waals surface area contributed by atoms with E-state index in [1.807, 2.05) is 24.3 Å². The number of unbranched alkanes of at least 4 members (excludes halogenated alkanes) is 1. The van der Waals surface area contributed by atoms with E-state index >= 15 is 0 Å². The van der Waals surface area contributed by atoms with Gasteiger partial charge in [-0.2, -0.15) is 0 Å². The third-order valence-corrected chi connectivity index (χ3v) is 4.60. The van der Waals surface area contributed by atoms with E-state index in [1.54, 1.807) is 0 Å². The molecule has 2 N–H and O–H groups in total. The van der Waals surface area contributed by atoms with Crippen LogP contribution < -0.4 is 0 Å². The second-order valence-corrected chi connectivity index (χ2v) is 6.67. The van der Waals surface area contributed by atoms with E-state index < -0.39 is 12.1 Å². The molecule has 0 saturated carbocycles. The highest BCUT2D eigenvalue weighted by Crippen LogP contribution is 2.40. The van der Waals surface area contributed by atoms with E-state index in [1.165, 1.54) is 0 Å². The lowest BCUT2D eigenvalue weighted by Crippen LogP contribution is -2.55. The van der Waals surface area contributed by atoms with E-state index in [4.69, 9.17) is 14.6 Å². The van der Waals surface area contributed by atoms with Gasteiger partial charge in [0.15, 0.2) is 6.29 Å². The Balaban J connectivity index is 1.79. The van der Waals surface area contributed by atoms with Crippen molar-refractivity contribution >= 4 is 5.97 Å². The van der Waals surface area contributed by atoms with Gasteiger partial charge in [-0.3, -0.25) is 4.79 Å². The lowest BCUT2D eigenvalue weighted by Gasteiger charge is -2.49. The van der Waals surface area contributed by atoms with Gasteiger partial charge >= 0.3 is 5.97 Å². The number of fused-ring (bicyclic) bond motifs is 2. The lowest BCUT2D eigenvalue weighted by molar-refractivity contribution is -0.337. The Morgan fingerprint density at radius 1 is 1.24 bits per heavy atom. The topological polar surface area (TPSA) is 76.0 Å². The summed E-state index contributed by atoms with van der Waals surface area (Å²) in [6.45, 7) is 2.07. The van der Waals surface area contributed by atoms with Crippen LogP contribution in [0.4, 0.5) is 0 Å². The molecule has 25 heavy (non-hydrogen) atoms. The molecule has 5 heteroatoms. The largest absolute Gasteiger partial charge is 0.481 e. The van der Waals surface area contributed by atoms with Crippen LogP contribution in [0.1, 0.15) is 51.9 Å². The quantitative estimate of drug-likeness (QED) is 0.440. The van der Waals surface area contributed by atoms with Crippen molar-refractivity contribution in [1.82, 2.24) is 0 Å². The van der Waals surface area contributed by atoms with Crippen molar-refractivity contribution in [2.45, 2.75) is 76.5 Å². The Morgan fingerprint density at radius 3 is 2.76 bits per heavy atom. The van der Waals surface area contributed by atoms with Gasteiger partial charge in [0, 0.05) is 18.8 Å². The summed E-state index contributed by atoms with van der Waals surface area (Å²) in [5, 5.41) is 18.6. The predicted octanol–water partition coefficient (Wildman–Crippen LogP) is 3.59. The number of hydrogen-bond acceptors (Lipinski definition) is 4. The van der Waals surface area contributed by atoms with Crippen molar-refractivity contribution in [3.05, 3.63) is 36.5 Å². The normalized spacial score (nSPS) is 30.2. The molecule has 3 aliphatic rings. The molecular formula is C20H30O5. The number of carboxylic acids is 1. The van der Waals surface area contributed by atoms with Crippen molar-refractivity contribution in [1.29, 1.82) is 0 Å². The van der Waals surface area contributed by atoms with Crippen LogP contribution in [-0.2, 0) is 14.3 Å². The van der Waals surface area contributed by atoms with Crippen LogP contribution in [0.15, 0.2) is 36.5 Å². The maximum absolute atomic E-state index is 10.5. The number of ether oxygens (including phenoxy) is 2. The van der Waals surface area contributed by atoms with E-state index in [-0.39, 0.29) is 30.8 Å². The zero-order chi connectivity index (χ0) is 18.1. The fraction of sp³-hybridized carbons (Fsp3) is 0.650. The minimum absolute atomic E-state index is 0.0361. The summed E-state index contributed by atoms with van der Waals surface area (Å²) in [7, 11) is 0. The average molecular weight is 350 g/mol.